The molecule has 0 bridgehead atoms. The van der Waals surface area contributed by atoms with E-state index in [1.54, 1.807) is 51.1 Å². The van der Waals surface area contributed by atoms with Crippen LogP contribution >= 0.6 is 0 Å². The Bertz CT molecular complexity index is 1880. The molecule has 0 fully saturated rings. The number of nitrogens with two attached hydrogens (primary N) is 1. The Morgan fingerprint density at radius 2 is 1.72 bits per heavy atom. The van der Waals surface area contributed by atoms with Crippen molar-refractivity contribution in [1.29, 1.82) is 0 Å². The van der Waals surface area contributed by atoms with Gasteiger partial charge in [-0.05, 0) is 80.4 Å². The fourth-order valence-electron chi connectivity index (χ4n) is 6.09. The first-order chi connectivity index (χ1) is 23.3. The molecule has 2 aliphatic heterocycles. The monoisotopic (exact) mass is 704 g/mol. The van der Waals surface area contributed by atoms with Crippen LogP contribution in [0.4, 0.5) is 31.1 Å². The molecular weight excluding hydrogens is 670 g/mol. The second-order valence-corrected chi connectivity index (χ2v) is 13.1. The molecule has 3 amide bonds. The molecule has 2 aliphatic rings. The van der Waals surface area contributed by atoms with Crippen LogP contribution in [0, 0.1) is 17.5 Å². The molecule has 0 radical (unpaired) electrons. The summed E-state index contributed by atoms with van der Waals surface area (Å²) in [5.74, 6) is -4.42. The quantitative estimate of drug-likeness (QED) is 0.307. The van der Waals surface area contributed by atoms with E-state index in [-0.39, 0.29) is 35.3 Å². The van der Waals surface area contributed by atoms with Gasteiger partial charge >= 0.3 is 12.3 Å². The predicted octanol–water partition coefficient (Wildman–Crippen LogP) is 5.31. The molecule has 2 atom stereocenters. The van der Waals surface area contributed by atoms with Gasteiger partial charge < -0.3 is 20.7 Å². The van der Waals surface area contributed by atoms with Crippen molar-refractivity contribution in [3.63, 3.8) is 0 Å². The molecule has 5 rings (SSSR count). The van der Waals surface area contributed by atoms with Gasteiger partial charge in [0.25, 0.3) is 5.91 Å². The van der Waals surface area contributed by atoms with Crippen LogP contribution in [0.3, 0.4) is 0 Å². The topological polar surface area (TPSA) is 123 Å². The lowest BCUT2D eigenvalue weighted by Gasteiger charge is -2.38. The average molecular weight is 705 g/mol. The van der Waals surface area contributed by atoms with Gasteiger partial charge in [0.2, 0.25) is 5.91 Å². The molecule has 0 aliphatic carbocycles. The van der Waals surface area contributed by atoms with Crippen molar-refractivity contribution in [2.45, 2.75) is 70.7 Å². The molecule has 0 spiro atoms. The van der Waals surface area contributed by atoms with Crippen LogP contribution in [0.1, 0.15) is 59.2 Å². The first-order valence-corrected chi connectivity index (χ1v) is 15.4. The van der Waals surface area contributed by atoms with Gasteiger partial charge in [0.05, 0.1) is 36.4 Å². The summed E-state index contributed by atoms with van der Waals surface area (Å²) in [5, 5.41) is 6.48. The van der Waals surface area contributed by atoms with E-state index in [1.165, 1.54) is 12.1 Å². The zero-order valence-electron chi connectivity index (χ0n) is 27.4. The van der Waals surface area contributed by atoms with E-state index in [0.29, 0.717) is 17.2 Å². The Kier molecular flexibility index (Phi) is 9.76. The maximum Gasteiger partial charge on any atom is 0.435 e. The van der Waals surface area contributed by atoms with Gasteiger partial charge in [-0.2, -0.15) is 18.3 Å². The lowest BCUT2D eigenvalue weighted by molar-refractivity contribution is -0.142. The Morgan fingerprint density at radius 1 is 1.04 bits per heavy atom. The summed E-state index contributed by atoms with van der Waals surface area (Å²) in [6, 6.07) is 4.72. The molecule has 1 aromatic heterocycles. The van der Waals surface area contributed by atoms with Crippen molar-refractivity contribution in [3.8, 4) is 0 Å². The van der Waals surface area contributed by atoms with Gasteiger partial charge in [-0.15, -0.1) is 0 Å². The van der Waals surface area contributed by atoms with Crippen LogP contribution in [-0.2, 0) is 41.8 Å². The van der Waals surface area contributed by atoms with E-state index < -0.39 is 78.0 Å². The van der Waals surface area contributed by atoms with Crippen LogP contribution in [-0.4, -0.2) is 62.2 Å². The number of fused-ring (bicyclic) bond motifs is 1. The maximum atomic E-state index is 14.4. The highest BCUT2D eigenvalue weighted by molar-refractivity contribution is 5.94. The molecule has 1 unspecified atom stereocenters. The number of hydrogen-bond acceptors (Lipinski definition) is 6. The van der Waals surface area contributed by atoms with Crippen molar-refractivity contribution in [2.24, 2.45) is 5.73 Å². The molecule has 0 saturated heterocycles. The van der Waals surface area contributed by atoms with Gasteiger partial charge in [-0.25, -0.2) is 18.0 Å². The minimum absolute atomic E-state index is 0.00863. The highest BCUT2D eigenvalue weighted by atomic mass is 19.4. The van der Waals surface area contributed by atoms with Crippen molar-refractivity contribution >= 4 is 23.5 Å². The summed E-state index contributed by atoms with van der Waals surface area (Å²) < 4.78 is 91.3. The third-order valence-electron chi connectivity index (χ3n) is 8.09. The molecule has 3 N–H and O–H groups in total. The summed E-state index contributed by atoms with van der Waals surface area (Å²) in [4.78, 5) is 41.1. The van der Waals surface area contributed by atoms with E-state index in [0.717, 1.165) is 27.8 Å². The second kappa shape index (κ2) is 13.6. The van der Waals surface area contributed by atoms with E-state index in [4.69, 9.17) is 10.5 Å². The zero-order valence-corrected chi connectivity index (χ0v) is 27.4. The van der Waals surface area contributed by atoms with Crippen molar-refractivity contribution in [1.82, 2.24) is 24.9 Å². The minimum Gasteiger partial charge on any atom is -0.444 e. The van der Waals surface area contributed by atoms with Crippen molar-refractivity contribution < 1.29 is 45.5 Å². The second-order valence-electron chi connectivity index (χ2n) is 13.1. The number of allylic oxidation sites excluding steroid dienone is 2. The lowest BCUT2D eigenvalue weighted by atomic mass is 9.86. The molecule has 2 aromatic carbocycles. The third kappa shape index (κ3) is 7.95. The number of halogens is 6. The van der Waals surface area contributed by atoms with E-state index in [2.05, 4.69) is 10.4 Å². The number of alkyl halides is 3. The zero-order chi connectivity index (χ0) is 36.7. The number of hydrogen-bond donors (Lipinski definition) is 2. The number of benzene rings is 2. The number of carbonyl (C=O) groups is 3. The van der Waals surface area contributed by atoms with Gasteiger partial charge in [-0.1, -0.05) is 12.1 Å². The highest BCUT2D eigenvalue weighted by Gasteiger charge is 2.43. The first-order valence-electron chi connectivity index (χ1n) is 15.4. The SMILES string of the molecule is CN1C=CC=C(c2ccc(F)c(C(N)=O)c2)C1[C@H](Cc1cc(F)cc(F)c1)NC(=O)Cn1nc(C(F)(F)F)c2c1CN(C(=O)OC(C)(C)C)C2. The first kappa shape index (κ1) is 36.0. The molecule has 3 heterocycles. The summed E-state index contributed by atoms with van der Waals surface area (Å²) >= 11 is 0. The summed E-state index contributed by atoms with van der Waals surface area (Å²) in [5.41, 5.74) is 3.51. The van der Waals surface area contributed by atoms with Crippen molar-refractivity contribution in [2.75, 3.05) is 7.05 Å². The Labute approximate surface area is 283 Å². The number of likely N-dealkylation sites (N-methyl/N-ethyl adjacent to an activating group) is 1. The minimum atomic E-state index is -4.89. The van der Waals surface area contributed by atoms with Gasteiger partial charge in [0, 0.05) is 18.7 Å². The maximum absolute atomic E-state index is 14.4. The molecule has 16 heteroatoms. The summed E-state index contributed by atoms with van der Waals surface area (Å²) in [6.45, 7) is 3.39. The van der Waals surface area contributed by atoms with E-state index in [9.17, 15) is 40.7 Å². The number of aromatic nitrogens is 2. The Balaban J connectivity index is 1.49. The number of amides is 3. The molecule has 10 nitrogen and oxygen atoms in total. The van der Waals surface area contributed by atoms with Crippen LogP contribution < -0.4 is 11.1 Å². The normalized spacial score (nSPS) is 16.6. The number of primary amides is 1. The van der Waals surface area contributed by atoms with E-state index in [1.807, 2.05) is 0 Å². The molecule has 0 saturated carbocycles. The number of nitrogens with one attached hydrogen (secondary N) is 1. The smallest absolute Gasteiger partial charge is 0.435 e. The van der Waals surface area contributed by atoms with Gasteiger partial charge in [0.1, 0.15) is 29.6 Å². The fourth-order valence-corrected chi connectivity index (χ4v) is 6.09. The Hall–Kier alpha value is -5.28. The van der Waals surface area contributed by atoms with Gasteiger partial charge in [-0.3, -0.25) is 19.2 Å². The average Bonchev–Trinajstić information content (AvgIpc) is 3.56. The lowest BCUT2D eigenvalue weighted by Crippen LogP contribution is -2.52. The molecule has 3 aromatic rings. The Morgan fingerprint density at radius 3 is 2.34 bits per heavy atom. The van der Waals surface area contributed by atoms with Crippen LogP contribution in [0.25, 0.3) is 5.57 Å². The number of ether oxygens (including phenoxy) is 1. The summed E-state index contributed by atoms with van der Waals surface area (Å²) in [6.07, 6.45) is -0.943. The number of nitrogens with zero attached hydrogens (tertiary/aromatic N) is 4. The molecule has 266 valence electrons. The number of carbonyl (C=O) groups excluding carboxylic acids is 3. The van der Waals surface area contributed by atoms with Gasteiger partial charge in [0.15, 0.2) is 5.69 Å². The van der Waals surface area contributed by atoms with Crippen LogP contribution in [0.15, 0.2) is 54.8 Å². The van der Waals surface area contributed by atoms with Crippen LogP contribution in [0.2, 0.25) is 0 Å². The highest BCUT2D eigenvalue weighted by Crippen LogP contribution is 2.37. The summed E-state index contributed by atoms with van der Waals surface area (Å²) in [7, 11) is 1.65. The van der Waals surface area contributed by atoms with E-state index >= 15 is 0 Å². The predicted molar refractivity (Wildman–Crippen MR) is 168 cm³/mol. The largest absolute Gasteiger partial charge is 0.444 e. The number of rotatable bonds is 8. The standard InChI is InChI=1S/C34H34F6N6O4/c1-33(2,3)50-32(49)45-15-24-27(16-45)46(43-30(24)34(38,39)40)17-28(47)42-26(12-18-10-20(35)14-21(36)11-18)29-22(6-5-9-44(29)4)19-7-8-25(37)23(13-19)31(41)48/h5-11,13-14,26,29H,12,15-17H2,1-4H3,(H2,41,48)(H,42,47)/t26-,29?/m0/s1. The fraction of sp³-hybridized carbons (Fsp3) is 0.353. The third-order valence-corrected chi connectivity index (χ3v) is 8.09. The van der Waals surface area contributed by atoms with Crippen molar-refractivity contribution in [3.05, 3.63) is 106 Å². The van der Waals surface area contributed by atoms with Crippen LogP contribution in [0.5, 0.6) is 0 Å². The molecular formula is C34H34F6N6O4. The molecule has 50 heavy (non-hydrogen) atoms.